The van der Waals surface area contributed by atoms with Gasteiger partial charge in [0.15, 0.2) is 0 Å². The Morgan fingerprint density at radius 2 is 1.21 bits per heavy atom. The topological polar surface area (TPSA) is 0 Å². The van der Waals surface area contributed by atoms with Gasteiger partial charge in [0.2, 0.25) is 0 Å². The van der Waals surface area contributed by atoms with Crippen molar-refractivity contribution in [2.75, 3.05) is 6.16 Å². The van der Waals surface area contributed by atoms with Crippen LogP contribution in [0, 0.1) is 5.92 Å². The van der Waals surface area contributed by atoms with Crippen LogP contribution in [-0.2, 0) is 0 Å². The Balaban J connectivity index is 1.91. The molecule has 0 aromatic heterocycles. The summed E-state index contributed by atoms with van der Waals surface area (Å²) in [7, 11) is -0.152. The van der Waals surface area contributed by atoms with E-state index in [0.717, 1.165) is 6.42 Å². The number of benzene rings is 2. The van der Waals surface area contributed by atoms with E-state index in [1.54, 1.807) is 11.1 Å². The zero-order chi connectivity index (χ0) is 24.2. The lowest BCUT2D eigenvalue weighted by Crippen LogP contribution is -2.27. The van der Waals surface area contributed by atoms with Gasteiger partial charge in [-0.3, -0.25) is 0 Å². The van der Waals surface area contributed by atoms with Gasteiger partial charge in [0.25, 0.3) is 0 Å². The van der Waals surface area contributed by atoms with Gasteiger partial charge in [0, 0.05) is 0 Å². The van der Waals surface area contributed by atoms with Crippen LogP contribution in [0.3, 0.4) is 0 Å². The summed E-state index contributed by atoms with van der Waals surface area (Å²) in [5.74, 6) is 1.66. The Labute approximate surface area is 205 Å². The van der Waals surface area contributed by atoms with Crippen molar-refractivity contribution in [1.29, 1.82) is 0 Å². The summed E-state index contributed by atoms with van der Waals surface area (Å²) in [5, 5.41) is 0.694. The summed E-state index contributed by atoms with van der Waals surface area (Å²) in [4.78, 5) is 0. The summed E-state index contributed by atoms with van der Waals surface area (Å²) < 4.78 is 0. The first kappa shape index (κ1) is 26.0. The second kappa shape index (κ2) is 10.7. The Kier molecular flexibility index (Phi) is 8.45. The zero-order valence-electron chi connectivity index (χ0n) is 22.2. The minimum atomic E-state index is -0.152. The maximum atomic E-state index is 2.53. The quantitative estimate of drug-likeness (QED) is 0.344. The third-order valence-corrected chi connectivity index (χ3v) is 11.1. The van der Waals surface area contributed by atoms with Crippen molar-refractivity contribution >= 4 is 7.92 Å². The molecule has 3 unspecified atom stereocenters. The molecule has 0 fully saturated rings. The van der Waals surface area contributed by atoms with Crippen molar-refractivity contribution in [3.05, 3.63) is 95.1 Å². The summed E-state index contributed by atoms with van der Waals surface area (Å²) >= 11 is 0. The van der Waals surface area contributed by atoms with Crippen LogP contribution in [0.1, 0.15) is 91.2 Å². The first-order valence-corrected chi connectivity index (χ1v) is 14.3. The lowest BCUT2D eigenvalue weighted by atomic mass is 9.82. The van der Waals surface area contributed by atoms with Crippen LogP contribution in [0.15, 0.2) is 84.0 Å². The van der Waals surface area contributed by atoms with Gasteiger partial charge in [-0.25, -0.2) is 0 Å². The molecule has 2 aromatic rings. The van der Waals surface area contributed by atoms with Crippen molar-refractivity contribution in [3.8, 4) is 0 Å². The van der Waals surface area contributed by atoms with E-state index in [-0.39, 0.29) is 7.92 Å². The Hall–Kier alpha value is -1.65. The highest BCUT2D eigenvalue weighted by molar-refractivity contribution is 7.61. The SMILES string of the molecule is CC(CC1=C(CP(C(C)(C)C)C(C)(C)C)C=CC1CC(C)c1ccccc1)c1ccccc1. The number of allylic oxidation sites excluding steroid dienone is 4. The molecular formula is C32H45P. The Bertz CT molecular complexity index is 923. The first-order chi connectivity index (χ1) is 15.5. The molecule has 3 atom stereocenters. The van der Waals surface area contributed by atoms with Crippen LogP contribution in [-0.4, -0.2) is 16.5 Å². The molecule has 1 aliphatic rings. The molecule has 0 bridgehead atoms. The van der Waals surface area contributed by atoms with E-state index in [4.69, 9.17) is 0 Å². The molecule has 3 rings (SSSR count). The molecule has 1 heteroatoms. The molecule has 0 radical (unpaired) electrons. The predicted octanol–water partition coefficient (Wildman–Crippen LogP) is 9.94. The van der Waals surface area contributed by atoms with Gasteiger partial charge in [-0.05, 0) is 63.8 Å². The molecule has 0 saturated heterocycles. The third-order valence-electron chi connectivity index (χ3n) is 7.21. The second-order valence-corrected chi connectivity index (χ2v) is 15.9. The highest BCUT2D eigenvalue weighted by Gasteiger charge is 2.36. The van der Waals surface area contributed by atoms with Crippen LogP contribution >= 0.6 is 7.92 Å². The van der Waals surface area contributed by atoms with Crippen LogP contribution in [0.2, 0.25) is 0 Å². The van der Waals surface area contributed by atoms with Crippen molar-refractivity contribution < 1.29 is 0 Å². The molecule has 0 saturated carbocycles. The highest BCUT2D eigenvalue weighted by atomic mass is 31.1. The fourth-order valence-corrected chi connectivity index (χ4v) is 9.14. The standard InChI is InChI=1S/C32H45P/c1-24(26-15-11-9-12-16-26)21-28-19-20-29(23-33(31(3,4)5)32(6,7)8)30(28)22-25(2)27-17-13-10-14-18-27/h9-20,24-25,28H,21-23H2,1-8H3. The molecular weight excluding hydrogens is 415 g/mol. The molecule has 0 N–H and O–H groups in total. The van der Waals surface area contributed by atoms with Gasteiger partial charge in [-0.15, -0.1) is 0 Å². The van der Waals surface area contributed by atoms with Crippen molar-refractivity contribution in [3.63, 3.8) is 0 Å². The zero-order valence-corrected chi connectivity index (χ0v) is 23.1. The summed E-state index contributed by atoms with van der Waals surface area (Å²) in [6.07, 6.45) is 8.63. The largest absolute Gasteiger partial charge is 0.0911 e. The molecule has 2 aromatic carbocycles. The third kappa shape index (κ3) is 6.93. The molecule has 0 aliphatic heterocycles. The van der Waals surface area contributed by atoms with Crippen molar-refractivity contribution in [2.24, 2.45) is 5.92 Å². The van der Waals surface area contributed by atoms with E-state index in [1.165, 1.54) is 23.7 Å². The van der Waals surface area contributed by atoms with E-state index in [9.17, 15) is 0 Å². The average molecular weight is 461 g/mol. The molecule has 1 aliphatic carbocycles. The molecule has 0 nitrogen and oxygen atoms in total. The lowest BCUT2D eigenvalue weighted by Gasteiger charge is -2.42. The number of hydrogen-bond acceptors (Lipinski definition) is 0. The average Bonchev–Trinajstić information content (AvgIpc) is 3.12. The molecule has 0 spiro atoms. The fraction of sp³-hybridized carbons (Fsp3) is 0.500. The Morgan fingerprint density at radius 1 is 0.727 bits per heavy atom. The van der Waals surface area contributed by atoms with Crippen LogP contribution in [0.4, 0.5) is 0 Å². The van der Waals surface area contributed by atoms with E-state index < -0.39 is 0 Å². The summed E-state index contributed by atoms with van der Waals surface area (Å²) in [5.41, 5.74) is 6.26. The second-order valence-electron chi connectivity index (χ2n) is 12.0. The van der Waals surface area contributed by atoms with Crippen LogP contribution < -0.4 is 0 Å². The fourth-order valence-electron chi connectivity index (χ4n) is 5.53. The van der Waals surface area contributed by atoms with E-state index in [1.807, 2.05) is 0 Å². The highest BCUT2D eigenvalue weighted by Crippen LogP contribution is 2.61. The van der Waals surface area contributed by atoms with Gasteiger partial charge >= 0.3 is 0 Å². The van der Waals surface area contributed by atoms with Gasteiger partial charge in [0.05, 0.1) is 0 Å². The van der Waals surface area contributed by atoms with Crippen molar-refractivity contribution in [1.82, 2.24) is 0 Å². The molecule has 0 amide bonds. The normalized spacial score (nSPS) is 18.8. The smallest absolute Gasteiger partial charge is 0.000817 e. The van der Waals surface area contributed by atoms with Gasteiger partial charge < -0.3 is 0 Å². The van der Waals surface area contributed by atoms with E-state index in [0.29, 0.717) is 28.1 Å². The minimum Gasteiger partial charge on any atom is -0.0911 e. The first-order valence-electron chi connectivity index (χ1n) is 12.7. The van der Waals surface area contributed by atoms with Gasteiger partial charge in [-0.1, -0.05) is 142 Å². The predicted molar refractivity (Wildman–Crippen MR) is 150 cm³/mol. The van der Waals surface area contributed by atoms with Gasteiger partial charge in [-0.2, -0.15) is 0 Å². The van der Waals surface area contributed by atoms with Crippen LogP contribution in [0.25, 0.3) is 0 Å². The minimum absolute atomic E-state index is 0.152. The van der Waals surface area contributed by atoms with Gasteiger partial charge in [0.1, 0.15) is 0 Å². The summed E-state index contributed by atoms with van der Waals surface area (Å²) in [6, 6.07) is 22.1. The molecule has 0 heterocycles. The number of hydrogen-bond donors (Lipinski definition) is 0. The molecule has 33 heavy (non-hydrogen) atoms. The molecule has 178 valence electrons. The van der Waals surface area contributed by atoms with E-state index in [2.05, 4.69) is 128 Å². The van der Waals surface area contributed by atoms with E-state index >= 15 is 0 Å². The summed E-state index contributed by atoms with van der Waals surface area (Å²) in [6.45, 7) is 19.5. The number of rotatable bonds is 8. The van der Waals surface area contributed by atoms with Crippen LogP contribution in [0.5, 0.6) is 0 Å². The maximum absolute atomic E-state index is 2.53. The lowest BCUT2D eigenvalue weighted by molar-refractivity contribution is 0.560. The van der Waals surface area contributed by atoms with Crippen molar-refractivity contribution in [2.45, 2.75) is 90.4 Å². The maximum Gasteiger partial charge on any atom is -0.000817 e. The monoisotopic (exact) mass is 460 g/mol. The Morgan fingerprint density at radius 3 is 1.70 bits per heavy atom.